The molecule has 0 aliphatic heterocycles. The van der Waals surface area contributed by atoms with Crippen molar-refractivity contribution >= 4 is 15.9 Å². The van der Waals surface area contributed by atoms with E-state index in [1.807, 2.05) is 7.05 Å². The fourth-order valence-electron chi connectivity index (χ4n) is 2.31. The Kier molecular flexibility index (Phi) is 4.20. The summed E-state index contributed by atoms with van der Waals surface area (Å²) in [5, 5.41) is 3.40. The van der Waals surface area contributed by atoms with E-state index in [0.717, 1.165) is 4.47 Å². The van der Waals surface area contributed by atoms with E-state index < -0.39 is 0 Å². The van der Waals surface area contributed by atoms with Crippen LogP contribution in [0, 0.1) is 13.8 Å². The van der Waals surface area contributed by atoms with E-state index in [0.29, 0.717) is 0 Å². The second kappa shape index (κ2) is 5.68. The normalized spacial score (nSPS) is 12.4. The molecule has 2 rings (SSSR count). The predicted octanol–water partition coefficient (Wildman–Crippen LogP) is 4.37. The Morgan fingerprint density at radius 1 is 0.944 bits per heavy atom. The number of nitrogens with one attached hydrogen (secondary N) is 1. The van der Waals surface area contributed by atoms with E-state index in [4.69, 9.17) is 0 Å². The first-order valence-corrected chi connectivity index (χ1v) is 6.90. The Morgan fingerprint density at radius 3 is 2.28 bits per heavy atom. The molecule has 2 aromatic rings. The first-order chi connectivity index (χ1) is 8.60. The summed E-state index contributed by atoms with van der Waals surface area (Å²) >= 11 is 3.57. The summed E-state index contributed by atoms with van der Waals surface area (Å²) < 4.78 is 1.13. The van der Waals surface area contributed by atoms with Crippen molar-refractivity contribution in [3.63, 3.8) is 0 Å². The van der Waals surface area contributed by atoms with Gasteiger partial charge < -0.3 is 5.32 Å². The van der Waals surface area contributed by atoms with Crippen LogP contribution in [0.4, 0.5) is 0 Å². The fraction of sp³-hybridized carbons (Fsp3) is 0.250. The van der Waals surface area contributed by atoms with Gasteiger partial charge in [-0.2, -0.15) is 0 Å². The first kappa shape index (κ1) is 13.3. The Morgan fingerprint density at radius 2 is 1.67 bits per heavy atom. The van der Waals surface area contributed by atoms with Crippen molar-refractivity contribution in [2.24, 2.45) is 0 Å². The Labute approximate surface area is 117 Å². The summed E-state index contributed by atoms with van der Waals surface area (Å²) in [6.45, 7) is 4.25. The van der Waals surface area contributed by atoms with Crippen LogP contribution in [0.1, 0.15) is 28.3 Å². The molecule has 0 aromatic heterocycles. The summed E-state index contributed by atoms with van der Waals surface area (Å²) in [7, 11) is 2.00. The average Bonchev–Trinajstić information content (AvgIpc) is 2.28. The molecule has 0 saturated heterocycles. The molecular weight excluding hydrogens is 286 g/mol. The Balaban J connectivity index is 2.45. The molecule has 94 valence electrons. The first-order valence-electron chi connectivity index (χ1n) is 6.11. The van der Waals surface area contributed by atoms with Crippen LogP contribution < -0.4 is 5.32 Å². The molecular formula is C16H18BrN. The van der Waals surface area contributed by atoms with Crippen LogP contribution in [0.15, 0.2) is 46.9 Å². The molecule has 1 atom stereocenters. The lowest BCUT2D eigenvalue weighted by molar-refractivity contribution is 0.690. The summed E-state index contributed by atoms with van der Waals surface area (Å²) in [5.41, 5.74) is 5.15. The third kappa shape index (κ3) is 3.01. The van der Waals surface area contributed by atoms with Crippen LogP contribution >= 0.6 is 15.9 Å². The molecule has 2 heteroatoms. The van der Waals surface area contributed by atoms with Gasteiger partial charge in [-0.1, -0.05) is 51.8 Å². The molecule has 0 saturated carbocycles. The molecule has 1 unspecified atom stereocenters. The fourth-order valence-corrected chi connectivity index (χ4v) is 2.93. The van der Waals surface area contributed by atoms with Gasteiger partial charge in [-0.15, -0.1) is 0 Å². The molecule has 1 nitrogen and oxygen atoms in total. The molecule has 2 aromatic carbocycles. The summed E-state index contributed by atoms with van der Waals surface area (Å²) in [4.78, 5) is 0. The van der Waals surface area contributed by atoms with Gasteiger partial charge in [0.2, 0.25) is 0 Å². The van der Waals surface area contributed by atoms with Crippen LogP contribution in [-0.4, -0.2) is 7.05 Å². The maximum absolute atomic E-state index is 3.57. The minimum absolute atomic E-state index is 0.237. The van der Waals surface area contributed by atoms with Gasteiger partial charge in [-0.25, -0.2) is 0 Å². The number of benzene rings is 2. The van der Waals surface area contributed by atoms with Crippen molar-refractivity contribution in [2.45, 2.75) is 19.9 Å². The Bertz CT molecular complexity index is 528. The average molecular weight is 304 g/mol. The van der Waals surface area contributed by atoms with Gasteiger partial charge >= 0.3 is 0 Å². The molecule has 0 bridgehead atoms. The molecule has 0 radical (unpaired) electrons. The monoisotopic (exact) mass is 303 g/mol. The lowest BCUT2D eigenvalue weighted by atomic mass is 9.96. The smallest absolute Gasteiger partial charge is 0.0574 e. The van der Waals surface area contributed by atoms with Gasteiger partial charge in [0, 0.05) is 4.47 Å². The molecule has 0 spiro atoms. The third-order valence-corrected chi connectivity index (χ3v) is 3.52. The van der Waals surface area contributed by atoms with Crippen molar-refractivity contribution in [3.8, 4) is 0 Å². The summed E-state index contributed by atoms with van der Waals surface area (Å²) in [5.74, 6) is 0. The zero-order chi connectivity index (χ0) is 13.1. The van der Waals surface area contributed by atoms with Crippen LogP contribution in [0.25, 0.3) is 0 Å². The van der Waals surface area contributed by atoms with Gasteiger partial charge in [0.05, 0.1) is 6.04 Å². The Hall–Kier alpha value is -1.12. The van der Waals surface area contributed by atoms with Crippen molar-refractivity contribution in [1.82, 2.24) is 5.32 Å². The lowest BCUT2D eigenvalue weighted by Gasteiger charge is -2.18. The lowest BCUT2D eigenvalue weighted by Crippen LogP contribution is -2.17. The van der Waals surface area contributed by atoms with Gasteiger partial charge in [0.1, 0.15) is 0 Å². The molecule has 0 fully saturated rings. The highest BCUT2D eigenvalue weighted by molar-refractivity contribution is 9.10. The number of hydrogen-bond acceptors (Lipinski definition) is 1. The zero-order valence-corrected chi connectivity index (χ0v) is 12.6. The number of aryl methyl sites for hydroxylation is 2. The van der Waals surface area contributed by atoms with Gasteiger partial charge in [-0.05, 0) is 49.7 Å². The van der Waals surface area contributed by atoms with E-state index in [1.165, 1.54) is 22.3 Å². The molecule has 0 amide bonds. The van der Waals surface area contributed by atoms with E-state index in [2.05, 4.69) is 77.6 Å². The zero-order valence-electron chi connectivity index (χ0n) is 11.0. The highest BCUT2D eigenvalue weighted by atomic mass is 79.9. The molecule has 0 heterocycles. The molecule has 18 heavy (non-hydrogen) atoms. The highest BCUT2D eigenvalue weighted by Gasteiger charge is 2.12. The van der Waals surface area contributed by atoms with Crippen LogP contribution in [-0.2, 0) is 0 Å². The van der Waals surface area contributed by atoms with Gasteiger partial charge in [-0.3, -0.25) is 0 Å². The summed E-state index contributed by atoms with van der Waals surface area (Å²) in [6.07, 6.45) is 0. The van der Waals surface area contributed by atoms with E-state index in [9.17, 15) is 0 Å². The SMILES string of the molecule is CNC(c1cccc(C)c1)c1cc(C)cc(Br)c1. The van der Waals surface area contributed by atoms with Crippen molar-refractivity contribution in [1.29, 1.82) is 0 Å². The quantitative estimate of drug-likeness (QED) is 0.887. The second-order valence-corrected chi connectivity index (χ2v) is 5.61. The van der Waals surface area contributed by atoms with E-state index >= 15 is 0 Å². The second-order valence-electron chi connectivity index (χ2n) is 4.70. The summed E-state index contributed by atoms with van der Waals surface area (Å²) in [6, 6.07) is 15.4. The largest absolute Gasteiger partial charge is 0.309 e. The predicted molar refractivity (Wildman–Crippen MR) is 81.0 cm³/mol. The third-order valence-electron chi connectivity index (χ3n) is 3.06. The minimum atomic E-state index is 0.237. The standard InChI is InChI=1S/C16H18BrN/c1-11-5-4-6-13(7-11)16(18-3)14-8-12(2)9-15(17)10-14/h4-10,16,18H,1-3H3. The van der Waals surface area contributed by atoms with Gasteiger partial charge in [0.25, 0.3) is 0 Å². The number of rotatable bonds is 3. The maximum atomic E-state index is 3.57. The van der Waals surface area contributed by atoms with E-state index in [1.54, 1.807) is 0 Å². The maximum Gasteiger partial charge on any atom is 0.0574 e. The number of halogens is 1. The van der Waals surface area contributed by atoms with Crippen LogP contribution in [0.3, 0.4) is 0 Å². The molecule has 0 aliphatic rings. The van der Waals surface area contributed by atoms with Crippen molar-refractivity contribution in [3.05, 3.63) is 69.2 Å². The minimum Gasteiger partial charge on any atom is -0.309 e. The van der Waals surface area contributed by atoms with Crippen molar-refractivity contribution in [2.75, 3.05) is 7.05 Å². The topological polar surface area (TPSA) is 12.0 Å². The number of hydrogen-bond donors (Lipinski definition) is 1. The highest BCUT2D eigenvalue weighted by Crippen LogP contribution is 2.26. The van der Waals surface area contributed by atoms with Crippen LogP contribution in [0.5, 0.6) is 0 Å². The van der Waals surface area contributed by atoms with E-state index in [-0.39, 0.29) is 6.04 Å². The van der Waals surface area contributed by atoms with Crippen LogP contribution in [0.2, 0.25) is 0 Å². The molecule has 1 N–H and O–H groups in total. The molecule has 0 aliphatic carbocycles. The van der Waals surface area contributed by atoms with Crippen molar-refractivity contribution < 1.29 is 0 Å². The van der Waals surface area contributed by atoms with Gasteiger partial charge in [0.15, 0.2) is 0 Å².